The number of aliphatic hydroxyl groups is 1. The van der Waals surface area contributed by atoms with E-state index in [0.717, 1.165) is 4.48 Å². The smallest absolute Gasteiger partial charge is 0.164 e. The molecule has 98 valence electrons. The molecule has 1 saturated heterocycles. The molecule has 0 bridgehead atoms. The van der Waals surface area contributed by atoms with Crippen LogP contribution in [-0.4, -0.2) is 49.2 Å². The minimum atomic E-state index is -0.738. The maximum Gasteiger partial charge on any atom is 0.164 e. The van der Waals surface area contributed by atoms with Crippen molar-refractivity contribution in [2.24, 2.45) is 0 Å². The molecule has 0 amide bonds. The van der Waals surface area contributed by atoms with Crippen molar-refractivity contribution in [2.75, 3.05) is 13.9 Å². The van der Waals surface area contributed by atoms with E-state index in [2.05, 4.69) is 15.9 Å². The molecular weight excluding hydrogens is 292 g/mol. The number of hydrogen-bond donors (Lipinski definition) is 1. The third kappa shape index (κ3) is 2.72. The molecule has 0 spiro atoms. The second kappa shape index (κ2) is 4.95. The van der Waals surface area contributed by atoms with Crippen LogP contribution < -0.4 is 0 Å². The Kier molecular flexibility index (Phi) is 3.92. The van der Waals surface area contributed by atoms with Gasteiger partial charge in [-0.3, -0.25) is 0 Å². The van der Waals surface area contributed by atoms with Crippen molar-refractivity contribution in [1.29, 1.82) is 0 Å². The minimum absolute atomic E-state index is 0.111. The molecule has 2 rings (SSSR count). The summed E-state index contributed by atoms with van der Waals surface area (Å²) >= 11 is 3.39. The number of ether oxygens (including phenoxy) is 4. The van der Waals surface area contributed by atoms with Gasteiger partial charge in [0.1, 0.15) is 31.2 Å². The third-order valence-electron chi connectivity index (χ3n) is 2.77. The number of halogens is 1. The maximum atomic E-state index is 9.96. The second-order valence-corrected chi connectivity index (χ2v) is 5.52. The molecule has 1 heterocycles. The Balaban J connectivity index is 2.17. The summed E-state index contributed by atoms with van der Waals surface area (Å²) in [6.07, 6.45) is -0.127. The van der Waals surface area contributed by atoms with E-state index in [0.29, 0.717) is 0 Å². The molecule has 0 radical (unpaired) electrons. The van der Waals surface area contributed by atoms with E-state index in [1.165, 1.54) is 7.11 Å². The van der Waals surface area contributed by atoms with Crippen molar-refractivity contribution in [3.8, 4) is 0 Å². The van der Waals surface area contributed by atoms with E-state index in [9.17, 15) is 5.11 Å². The van der Waals surface area contributed by atoms with Gasteiger partial charge in [0, 0.05) is 11.6 Å². The minimum Gasteiger partial charge on any atom is -0.386 e. The van der Waals surface area contributed by atoms with Crippen molar-refractivity contribution < 1.29 is 24.1 Å². The van der Waals surface area contributed by atoms with E-state index in [4.69, 9.17) is 18.9 Å². The zero-order chi connectivity index (χ0) is 12.6. The molecule has 2 aliphatic rings. The summed E-state index contributed by atoms with van der Waals surface area (Å²) in [5.41, 5.74) is 0. The van der Waals surface area contributed by atoms with Gasteiger partial charge in [-0.25, -0.2) is 0 Å². The average Bonchev–Trinajstić information content (AvgIpc) is 2.54. The molecule has 17 heavy (non-hydrogen) atoms. The molecule has 0 saturated carbocycles. The second-order valence-electron chi connectivity index (χ2n) is 4.60. The monoisotopic (exact) mass is 308 g/mol. The normalized spacial score (nSPS) is 39.9. The van der Waals surface area contributed by atoms with Crippen LogP contribution in [0.25, 0.3) is 0 Å². The fourth-order valence-electron chi connectivity index (χ4n) is 2.13. The highest BCUT2D eigenvalue weighted by atomic mass is 79.9. The predicted molar refractivity (Wildman–Crippen MR) is 63.6 cm³/mol. The van der Waals surface area contributed by atoms with Crippen LogP contribution in [0.1, 0.15) is 13.8 Å². The first-order chi connectivity index (χ1) is 7.94. The first kappa shape index (κ1) is 13.5. The van der Waals surface area contributed by atoms with Gasteiger partial charge in [0.25, 0.3) is 0 Å². The Morgan fingerprint density at radius 3 is 2.82 bits per heavy atom. The zero-order valence-electron chi connectivity index (χ0n) is 10.1. The maximum absolute atomic E-state index is 9.96. The van der Waals surface area contributed by atoms with Gasteiger partial charge >= 0.3 is 0 Å². The van der Waals surface area contributed by atoms with E-state index >= 15 is 0 Å². The lowest BCUT2D eigenvalue weighted by atomic mass is 9.96. The van der Waals surface area contributed by atoms with Crippen molar-refractivity contribution in [1.82, 2.24) is 0 Å². The largest absolute Gasteiger partial charge is 0.386 e. The molecule has 0 aromatic heterocycles. The highest BCUT2D eigenvalue weighted by molar-refractivity contribution is 9.11. The highest BCUT2D eigenvalue weighted by Crippen LogP contribution is 2.40. The van der Waals surface area contributed by atoms with Crippen molar-refractivity contribution in [3.63, 3.8) is 0 Å². The Labute approximate surface area is 109 Å². The lowest BCUT2D eigenvalue weighted by molar-refractivity contribution is -0.182. The first-order valence-electron chi connectivity index (χ1n) is 5.46. The molecule has 1 N–H and O–H groups in total. The lowest BCUT2D eigenvalue weighted by Crippen LogP contribution is -2.48. The van der Waals surface area contributed by atoms with Crippen molar-refractivity contribution >= 4 is 15.9 Å². The van der Waals surface area contributed by atoms with Crippen molar-refractivity contribution in [2.45, 2.75) is 44.1 Å². The number of aliphatic hydroxyl groups excluding tert-OH is 1. The van der Waals surface area contributed by atoms with E-state index < -0.39 is 18.0 Å². The SMILES string of the molecule is COCO[C@H]1[C@@H]2OC(C)(C)O[C@@H]2C(Br)=C[C@@H]1O. The Bertz CT molecular complexity index is 317. The number of hydrogen-bond acceptors (Lipinski definition) is 5. The van der Waals surface area contributed by atoms with Crippen LogP contribution in [-0.2, 0) is 18.9 Å². The van der Waals surface area contributed by atoms with E-state index in [1.807, 2.05) is 13.8 Å². The molecule has 1 aliphatic carbocycles. The van der Waals surface area contributed by atoms with Crippen molar-refractivity contribution in [3.05, 3.63) is 10.6 Å². The fraction of sp³-hybridized carbons (Fsp3) is 0.818. The van der Waals surface area contributed by atoms with Crippen LogP contribution in [0.15, 0.2) is 10.6 Å². The standard InChI is InChI=1S/C11H17BrO5/c1-11(2)16-8-6(12)4-7(13)9(10(8)17-11)15-5-14-3/h4,7-10,13H,5H2,1-3H3/t7-,8+,9+,10+/m0/s1. The molecule has 6 heteroatoms. The summed E-state index contributed by atoms with van der Waals surface area (Å²) in [6, 6.07) is 0. The summed E-state index contributed by atoms with van der Waals surface area (Å²) in [5.74, 6) is -0.680. The van der Waals surface area contributed by atoms with Gasteiger partial charge in [-0.1, -0.05) is 15.9 Å². The highest BCUT2D eigenvalue weighted by Gasteiger charge is 2.51. The van der Waals surface area contributed by atoms with E-state index in [-0.39, 0.29) is 19.0 Å². The van der Waals surface area contributed by atoms with Gasteiger partial charge in [0.05, 0.1) is 0 Å². The molecule has 0 unspecified atom stereocenters. The van der Waals surface area contributed by atoms with Gasteiger partial charge < -0.3 is 24.1 Å². The Morgan fingerprint density at radius 2 is 2.18 bits per heavy atom. The molecule has 4 atom stereocenters. The van der Waals surface area contributed by atoms with Crippen LogP contribution in [0.2, 0.25) is 0 Å². The third-order valence-corrected chi connectivity index (χ3v) is 3.49. The molecule has 5 nitrogen and oxygen atoms in total. The fourth-order valence-corrected chi connectivity index (χ4v) is 2.75. The van der Waals surface area contributed by atoms with Gasteiger partial charge in [0.2, 0.25) is 0 Å². The van der Waals surface area contributed by atoms with Crippen LogP contribution in [0.3, 0.4) is 0 Å². The van der Waals surface area contributed by atoms with Crippen LogP contribution in [0.5, 0.6) is 0 Å². The zero-order valence-corrected chi connectivity index (χ0v) is 11.6. The van der Waals surface area contributed by atoms with Gasteiger partial charge in [-0.05, 0) is 19.9 Å². The average molecular weight is 309 g/mol. The first-order valence-corrected chi connectivity index (χ1v) is 6.25. The number of rotatable bonds is 3. The van der Waals surface area contributed by atoms with Gasteiger partial charge in [-0.15, -0.1) is 0 Å². The van der Waals surface area contributed by atoms with Gasteiger partial charge in [-0.2, -0.15) is 0 Å². The summed E-state index contributed by atoms with van der Waals surface area (Å²) in [4.78, 5) is 0. The lowest BCUT2D eigenvalue weighted by Gasteiger charge is -2.32. The number of methoxy groups -OCH3 is 1. The Hall–Kier alpha value is 0.0200. The summed E-state index contributed by atoms with van der Waals surface area (Å²) in [5, 5.41) is 9.96. The molecule has 1 aliphatic heterocycles. The molecule has 0 aromatic carbocycles. The van der Waals surface area contributed by atoms with Crippen LogP contribution >= 0.6 is 15.9 Å². The molecule has 1 fully saturated rings. The summed E-state index contributed by atoms with van der Waals surface area (Å²) in [7, 11) is 1.54. The molecule has 0 aromatic rings. The van der Waals surface area contributed by atoms with Crippen LogP contribution in [0, 0.1) is 0 Å². The summed E-state index contributed by atoms with van der Waals surface area (Å²) < 4.78 is 22.6. The van der Waals surface area contributed by atoms with Crippen LogP contribution in [0.4, 0.5) is 0 Å². The quantitative estimate of drug-likeness (QED) is 0.793. The molecular formula is C11H17BrO5. The summed E-state index contributed by atoms with van der Waals surface area (Å²) in [6.45, 7) is 3.79. The Morgan fingerprint density at radius 1 is 1.47 bits per heavy atom. The number of fused-ring (bicyclic) bond motifs is 1. The predicted octanol–water partition coefficient (Wildman–Crippen LogP) is 1.15. The topological polar surface area (TPSA) is 57.2 Å². The van der Waals surface area contributed by atoms with E-state index in [1.54, 1.807) is 6.08 Å². The van der Waals surface area contributed by atoms with Gasteiger partial charge in [0.15, 0.2) is 5.79 Å².